The maximum absolute atomic E-state index is 14.1. The van der Waals surface area contributed by atoms with Crippen LogP contribution < -0.4 is 4.74 Å². The molecule has 0 unspecified atom stereocenters. The van der Waals surface area contributed by atoms with E-state index in [2.05, 4.69) is 4.98 Å². The molecule has 110 valence electrons. The summed E-state index contributed by atoms with van der Waals surface area (Å²) in [7, 11) is 1.12. The molecule has 0 aliphatic carbocycles. The van der Waals surface area contributed by atoms with Crippen molar-refractivity contribution >= 4 is 17.6 Å². The zero-order valence-corrected chi connectivity index (χ0v) is 11.1. The Morgan fingerprint density at radius 3 is 2.48 bits per heavy atom. The molecule has 1 aromatic heterocycles. The van der Waals surface area contributed by atoms with Crippen LogP contribution in [0.1, 0.15) is 10.5 Å². The molecule has 0 amide bonds. The zero-order chi connectivity index (χ0) is 15.7. The van der Waals surface area contributed by atoms with Crippen LogP contribution in [0.3, 0.4) is 0 Å². The SMILES string of the molecule is COc1c(Cl)ccc(-c2nc(C(=O)F)cc(F)c2F)c1F. The van der Waals surface area contributed by atoms with Gasteiger partial charge in [-0.2, -0.15) is 4.39 Å². The van der Waals surface area contributed by atoms with Gasteiger partial charge in [0.15, 0.2) is 23.2 Å². The fourth-order valence-electron chi connectivity index (χ4n) is 1.68. The molecule has 0 bridgehead atoms. The molecule has 0 aliphatic heterocycles. The summed E-state index contributed by atoms with van der Waals surface area (Å²) < 4.78 is 58.6. The van der Waals surface area contributed by atoms with Crippen LogP contribution in [0.15, 0.2) is 18.2 Å². The predicted octanol–water partition coefficient (Wildman–Crippen LogP) is 3.94. The summed E-state index contributed by atoms with van der Waals surface area (Å²) in [6, 6.07) is 0.391. The lowest BCUT2D eigenvalue weighted by Gasteiger charge is -2.10. The highest BCUT2D eigenvalue weighted by Crippen LogP contribution is 2.35. The van der Waals surface area contributed by atoms with E-state index in [0.29, 0.717) is 0 Å². The highest BCUT2D eigenvalue weighted by molar-refractivity contribution is 6.32. The number of aromatic nitrogens is 1. The lowest BCUT2D eigenvalue weighted by Crippen LogP contribution is -2.04. The molecular weight excluding hydrogens is 314 g/mol. The maximum atomic E-state index is 14.1. The number of carbonyl (C=O) groups is 1. The normalized spacial score (nSPS) is 10.6. The monoisotopic (exact) mass is 319 g/mol. The summed E-state index contributed by atoms with van der Waals surface area (Å²) in [5.74, 6) is -4.58. The first kappa shape index (κ1) is 15.2. The molecular formula is C13H6ClF4NO2. The highest BCUT2D eigenvalue weighted by atomic mass is 35.5. The molecule has 0 saturated carbocycles. The van der Waals surface area contributed by atoms with Gasteiger partial charge < -0.3 is 4.74 Å². The van der Waals surface area contributed by atoms with Crippen molar-refractivity contribution in [3.8, 4) is 17.0 Å². The number of rotatable bonds is 3. The van der Waals surface area contributed by atoms with E-state index in [0.717, 1.165) is 13.2 Å². The average molecular weight is 320 g/mol. The van der Waals surface area contributed by atoms with E-state index in [1.165, 1.54) is 6.07 Å². The molecule has 3 nitrogen and oxygen atoms in total. The number of carbonyl (C=O) groups excluding carboxylic acids is 1. The lowest BCUT2D eigenvalue weighted by atomic mass is 10.1. The van der Waals surface area contributed by atoms with E-state index in [1.807, 2.05) is 0 Å². The van der Waals surface area contributed by atoms with Gasteiger partial charge in [-0.25, -0.2) is 18.2 Å². The zero-order valence-electron chi connectivity index (χ0n) is 10.4. The van der Waals surface area contributed by atoms with Crippen LogP contribution in [0.25, 0.3) is 11.3 Å². The van der Waals surface area contributed by atoms with Gasteiger partial charge in [0.25, 0.3) is 0 Å². The number of benzene rings is 1. The fraction of sp³-hybridized carbons (Fsp3) is 0.0769. The summed E-state index contributed by atoms with van der Waals surface area (Å²) in [6.07, 6.45) is 0. The molecule has 8 heteroatoms. The van der Waals surface area contributed by atoms with E-state index in [9.17, 15) is 22.4 Å². The Hall–Kier alpha value is -2.15. The molecule has 0 saturated heterocycles. The Bertz CT molecular complexity index is 737. The third kappa shape index (κ3) is 2.69. The second-order valence-corrected chi connectivity index (χ2v) is 4.27. The van der Waals surface area contributed by atoms with Gasteiger partial charge in [-0.1, -0.05) is 11.6 Å². The average Bonchev–Trinajstić information content (AvgIpc) is 2.43. The minimum Gasteiger partial charge on any atom is -0.492 e. The Labute approximate surface area is 121 Å². The van der Waals surface area contributed by atoms with Crippen molar-refractivity contribution < 1.29 is 27.1 Å². The molecule has 0 spiro atoms. The number of ether oxygens (including phenoxy) is 1. The Balaban J connectivity index is 2.75. The molecule has 0 atom stereocenters. The first-order chi connectivity index (χ1) is 9.86. The quantitative estimate of drug-likeness (QED) is 0.635. The number of nitrogens with zero attached hydrogens (tertiary/aromatic N) is 1. The van der Waals surface area contributed by atoms with Crippen LogP contribution in [-0.2, 0) is 0 Å². The molecule has 1 aromatic carbocycles. The third-order valence-electron chi connectivity index (χ3n) is 2.62. The molecule has 0 aliphatic rings. The first-order valence-corrected chi connectivity index (χ1v) is 5.82. The van der Waals surface area contributed by atoms with Crippen molar-refractivity contribution in [3.05, 3.63) is 46.4 Å². The van der Waals surface area contributed by atoms with Gasteiger partial charge in [0.2, 0.25) is 0 Å². The largest absolute Gasteiger partial charge is 0.492 e. The second kappa shape index (κ2) is 5.69. The molecule has 1 heterocycles. The summed E-state index contributed by atoms with van der Waals surface area (Å²) in [6.45, 7) is 0. The van der Waals surface area contributed by atoms with E-state index < -0.39 is 46.2 Å². The lowest BCUT2D eigenvalue weighted by molar-refractivity contribution is 0.0829. The summed E-state index contributed by atoms with van der Waals surface area (Å²) in [4.78, 5) is 13.9. The summed E-state index contributed by atoms with van der Waals surface area (Å²) in [5.41, 5.74) is -2.35. The topological polar surface area (TPSA) is 39.2 Å². The number of halogens is 5. The van der Waals surface area contributed by atoms with Crippen molar-refractivity contribution in [2.75, 3.05) is 7.11 Å². The molecule has 2 rings (SSSR count). The Kier molecular flexibility index (Phi) is 4.13. The highest BCUT2D eigenvalue weighted by Gasteiger charge is 2.23. The minimum atomic E-state index is -2.07. The van der Waals surface area contributed by atoms with Crippen molar-refractivity contribution in [2.24, 2.45) is 0 Å². The van der Waals surface area contributed by atoms with Crippen LogP contribution in [-0.4, -0.2) is 18.1 Å². The number of hydrogen-bond acceptors (Lipinski definition) is 3. The van der Waals surface area contributed by atoms with Crippen molar-refractivity contribution in [1.29, 1.82) is 0 Å². The van der Waals surface area contributed by atoms with Gasteiger partial charge in [0.05, 0.1) is 12.1 Å². The van der Waals surface area contributed by atoms with Crippen LogP contribution in [0.5, 0.6) is 5.75 Å². The Morgan fingerprint density at radius 1 is 1.24 bits per heavy atom. The van der Waals surface area contributed by atoms with Crippen molar-refractivity contribution in [1.82, 2.24) is 4.98 Å². The predicted molar refractivity (Wildman–Crippen MR) is 66.5 cm³/mol. The maximum Gasteiger partial charge on any atom is 0.350 e. The van der Waals surface area contributed by atoms with Gasteiger partial charge in [-0.15, -0.1) is 0 Å². The first-order valence-electron chi connectivity index (χ1n) is 5.45. The van der Waals surface area contributed by atoms with E-state index in [4.69, 9.17) is 16.3 Å². The number of hydrogen-bond donors (Lipinski definition) is 0. The minimum absolute atomic E-state index is 0.0997. The smallest absolute Gasteiger partial charge is 0.350 e. The van der Waals surface area contributed by atoms with E-state index in [-0.39, 0.29) is 11.1 Å². The molecule has 2 aromatic rings. The van der Waals surface area contributed by atoms with Gasteiger partial charge >= 0.3 is 6.04 Å². The molecule has 0 radical (unpaired) electrons. The van der Waals surface area contributed by atoms with Crippen molar-refractivity contribution in [3.63, 3.8) is 0 Å². The van der Waals surface area contributed by atoms with Crippen molar-refractivity contribution in [2.45, 2.75) is 0 Å². The van der Waals surface area contributed by atoms with Crippen LogP contribution >= 0.6 is 11.6 Å². The third-order valence-corrected chi connectivity index (χ3v) is 2.92. The van der Waals surface area contributed by atoms with Gasteiger partial charge in [0, 0.05) is 11.6 Å². The number of methoxy groups -OCH3 is 1. The van der Waals surface area contributed by atoms with Gasteiger partial charge in [0.1, 0.15) is 11.4 Å². The van der Waals surface area contributed by atoms with Crippen LogP contribution in [0, 0.1) is 17.5 Å². The van der Waals surface area contributed by atoms with Gasteiger partial charge in [-0.3, -0.25) is 4.79 Å². The summed E-state index contributed by atoms with van der Waals surface area (Å²) in [5, 5.41) is -0.0997. The fourth-order valence-corrected chi connectivity index (χ4v) is 1.90. The summed E-state index contributed by atoms with van der Waals surface area (Å²) >= 11 is 5.67. The van der Waals surface area contributed by atoms with Crippen LogP contribution in [0.2, 0.25) is 5.02 Å². The molecule has 0 N–H and O–H groups in total. The van der Waals surface area contributed by atoms with E-state index in [1.54, 1.807) is 0 Å². The molecule has 0 fully saturated rings. The standard InChI is InChI=1S/C13H6ClF4NO2/c1-21-12-6(14)3-2-5(9(12)16)11-10(17)7(15)4-8(19-11)13(18)20/h2-4H,1H3. The van der Waals surface area contributed by atoms with E-state index >= 15 is 0 Å². The Morgan fingerprint density at radius 2 is 1.90 bits per heavy atom. The number of pyridine rings is 1. The van der Waals surface area contributed by atoms with Gasteiger partial charge in [-0.05, 0) is 12.1 Å². The second-order valence-electron chi connectivity index (χ2n) is 3.87. The molecule has 21 heavy (non-hydrogen) atoms. The van der Waals surface area contributed by atoms with Crippen LogP contribution in [0.4, 0.5) is 17.6 Å².